The molecule has 4 rings (SSSR count). The molecule has 0 spiro atoms. The van der Waals surface area contributed by atoms with Crippen LogP contribution in [0.3, 0.4) is 0 Å². The molecular formula is C18H26N4O. The third-order valence-corrected chi connectivity index (χ3v) is 5.14. The predicted molar refractivity (Wildman–Crippen MR) is 91.4 cm³/mol. The number of nitrogens with one attached hydrogen (secondary N) is 1. The lowest BCUT2D eigenvalue weighted by atomic mass is 10.0. The Hall–Kier alpha value is -1.43. The number of imidazole rings is 1. The number of ether oxygens (including phenoxy) is 1. The fourth-order valence-corrected chi connectivity index (χ4v) is 4.02. The Bertz CT molecular complexity index is 620. The highest BCUT2D eigenvalue weighted by Crippen LogP contribution is 2.22. The van der Waals surface area contributed by atoms with E-state index in [9.17, 15) is 0 Å². The van der Waals surface area contributed by atoms with Crippen LogP contribution in [0.4, 0.5) is 0 Å². The van der Waals surface area contributed by atoms with E-state index in [0.717, 1.165) is 56.3 Å². The van der Waals surface area contributed by atoms with Crippen LogP contribution in [0.15, 0.2) is 24.3 Å². The topological polar surface area (TPSA) is 44.4 Å². The van der Waals surface area contributed by atoms with Gasteiger partial charge in [0.15, 0.2) is 0 Å². The zero-order valence-electron chi connectivity index (χ0n) is 13.9. The zero-order chi connectivity index (χ0) is 15.6. The van der Waals surface area contributed by atoms with E-state index in [1.807, 2.05) is 6.07 Å². The van der Waals surface area contributed by atoms with E-state index in [4.69, 9.17) is 9.72 Å². The lowest BCUT2D eigenvalue weighted by Gasteiger charge is -2.48. The van der Waals surface area contributed by atoms with Gasteiger partial charge in [0.25, 0.3) is 0 Å². The number of hydrogen-bond donors (Lipinski definition) is 1. The lowest BCUT2D eigenvalue weighted by molar-refractivity contribution is -0.0843. The highest BCUT2D eigenvalue weighted by Gasteiger charge is 2.35. The Kier molecular flexibility index (Phi) is 4.33. The van der Waals surface area contributed by atoms with Crippen LogP contribution in [-0.2, 0) is 11.3 Å². The van der Waals surface area contributed by atoms with Crippen LogP contribution in [-0.4, -0.2) is 64.7 Å². The lowest BCUT2D eigenvalue weighted by Crippen LogP contribution is -2.61. The molecule has 2 fully saturated rings. The molecule has 0 amide bonds. The van der Waals surface area contributed by atoms with Crippen molar-refractivity contribution >= 4 is 11.0 Å². The second-order valence-corrected chi connectivity index (χ2v) is 6.81. The second-order valence-electron chi connectivity index (χ2n) is 6.81. The van der Waals surface area contributed by atoms with Gasteiger partial charge >= 0.3 is 0 Å². The number of morpholine rings is 1. The van der Waals surface area contributed by atoms with Gasteiger partial charge < -0.3 is 9.72 Å². The summed E-state index contributed by atoms with van der Waals surface area (Å²) in [6.07, 6.45) is 2.49. The monoisotopic (exact) mass is 314 g/mol. The zero-order valence-corrected chi connectivity index (χ0v) is 13.9. The van der Waals surface area contributed by atoms with Gasteiger partial charge in [0.05, 0.1) is 30.8 Å². The van der Waals surface area contributed by atoms with E-state index in [-0.39, 0.29) is 0 Å². The van der Waals surface area contributed by atoms with Crippen molar-refractivity contribution in [3.8, 4) is 0 Å². The molecule has 1 aromatic carbocycles. The van der Waals surface area contributed by atoms with E-state index in [1.165, 1.54) is 12.8 Å². The molecule has 0 radical (unpaired) electrons. The normalized spacial score (nSPS) is 26.5. The molecule has 2 saturated heterocycles. The standard InChI is InChI=1S/C18H26N4O/c1-2-5-14-12-23-13-15-10-21(8-9-22(14)15)11-18-19-16-6-3-4-7-17(16)20-18/h3-4,6-7,14-15H,2,5,8-13H2,1H3,(H,19,20)/t14-,15+/m0/s1. The van der Waals surface area contributed by atoms with Crippen molar-refractivity contribution in [1.82, 2.24) is 19.8 Å². The van der Waals surface area contributed by atoms with Gasteiger partial charge in [-0.3, -0.25) is 9.80 Å². The molecule has 5 heteroatoms. The molecule has 2 aromatic rings. The minimum absolute atomic E-state index is 0.540. The quantitative estimate of drug-likeness (QED) is 0.940. The Balaban J connectivity index is 1.41. The van der Waals surface area contributed by atoms with E-state index in [0.29, 0.717) is 12.1 Å². The summed E-state index contributed by atoms with van der Waals surface area (Å²) in [4.78, 5) is 13.4. The highest BCUT2D eigenvalue weighted by atomic mass is 16.5. The first-order valence-electron chi connectivity index (χ1n) is 8.83. The Labute approximate surface area is 137 Å². The summed E-state index contributed by atoms with van der Waals surface area (Å²) in [5, 5.41) is 0. The van der Waals surface area contributed by atoms with E-state index in [2.05, 4.69) is 39.9 Å². The van der Waals surface area contributed by atoms with Crippen molar-refractivity contribution in [3.05, 3.63) is 30.1 Å². The van der Waals surface area contributed by atoms with Gasteiger partial charge in [-0.2, -0.15) is 0 Å². The molecule has 0 bridgehead atoms. The average Bonchev–Trinajstić information content (AvgIpc) is 2.97. The summed E-state index contributed by atoms with van der Waals surface area (Å²) in [5.74, 6) is 1.07. The van der Waals surface area contributed by atoms with Gasteiger partial charge in [-0.15, -0.1) is 0 Å². The number of nitrogens with zero attached hydrogens (tertiary/aromatic N) is 3. The van der Waals surface area contributed by atoms with Gasteiger partial charge in [-0.1, -0.05) is 25.5 Å². The second kappa shape index (κ2) is 6.59. The van der Waals surface area contributed by atoms with E-state index >= 15 is 0 Å². The van der Waals surface area contributed by atoms with Crippen LogP contribution in [0.5, 0.6) is 0 Å². The third-order valence-electron chi connectivity index (χ3n) is 5.14. The molecule has 0 unspecified atom stereocenters. The fraction of sp³-hybridized carbons (Fsp3) is 0.611. The SMILES string of the molecule is CCC[C@H]1COC[C@H]2CN(Cc3nc4ccccc4[nH]3)CCN12. The molecular weight excluding hydrogens is 288 g/mol. The van der Waals surface area contributed by atoms with Gasteiger partial charge in [0.1, 0.15) is 5.82 Å². The summed E-state index contributed by atoms with van der Waals surface area (Å²) in [7, 11) is 0. The number of benzene rings is 1. The van der Waals surface area contributed by atoms with Crippen molar-refractivity contribution in [2.24, 2.45) is 0 Å². The largest absolute Gasteiger partial charge is 0.378 e. The maximum Gasteiger partial charge on any atom is 0.121 e. The van der Waals surface area contributed by atoms with Crippen LogP contribution in [0, 0.1) is 0 Å². The van der Waals surface area contributed by atoms with Gasteiger partial charge in [0, 0.05) is 31.7 Å². The Morgan fingerprint density at radius 2 is 2.17 bits per heavy atom. The Morgan fingerprint density at radius 1 is 1.26 bits per heavy atom. The third kappa shape index (κ3) is 3.13. The number of para-hydroxylation sites is 2. The molecule has 124 valence electrons. The molecule has 1 N–H and O–H groups in total. The average molecular weight is 314 g/mol. The van der Waals surface area contributed by atoms with Crippen LogP contribution in [0.2, 0.25) is 0 Å². The highest BCUT2D eigenvalue weighted by molar-refractivity contribution is 5.74. The summed E-state index contributed by atoms with van der Waals surface area (Å²) in [6.45, 7) is 8.30. The van der Waals surface area contributed by atoms with Crippen LogP contribution < -0.4 is 0 Å². The first kappa shape index (κ1) is 15.1. The van der Waals surface area contributed by atoms with E-state index in [1.54, 1.807) is 0 Å². The number of H-pyrrole nitrogens is 1. The minimum Gasteiger partial charge on any atom is -0.378 e. The summed E-state index contributed by atoms with van der Waals surface area (Å²) < 4.78 is 5.86. The van der Waals surface area contributed by atoms with Crippen molar-refractivity contribution in [2.75, 3.05) is 32.8 Å². The molecule has 23 heavy (non-hydrogen) atoms. The van der Waals surface area contributed by atoms with Crippen molar-refractivity contribution in [3.63, 3.8) is 0 Å². The molecule has 2 aliphatic rings. The maximum atomic E-state index is 5.86. The van der Waals surface area contributed by atoms with Crippen molar-refractivity contribution < 1.29 is 4.74 Å². The first-order valence-corrected chi connectivity index (χ1v) is 8.83. The summed E-state index contributed by atoms with van der Waals surface area (Å²) in [5.41, 5.74) is 2.19. The molecule has 0 aliphatic carbocycles. The van der Waals surface area contributed by atoms with Gasteiger partial charge in [-0.25, -0.2) is 4.98 Å². The van der Waals surface area contributed by atoms with Crippen LogP contribution >= 0.6 is 0 Å². The molecule has 2 atom stereocenters. The molecule has 0 saturated carbocycles. The van der Waals surface area contributed by atoms with Crippen molar-refractivity contribution in [1.29, 1.82) is 0 Å². The van der Waals surface area contributed by atoms with Crippen LogP contribution in [0.1, 0.15) is 25.6 Å². The van der Waals surface area contributed by atoms with Gasteiger partial charge in [0.2, 0.25) is 0 Å². The predicted octanol–water partition coefficient (Wildman–Crippen LogP) is 2.25. The molecule has 3 heterocycles. The van der Waals surface area contributed by atoms with E-state index < -0.39 is 0 Å². The fourth-order valence-electron chi connectivity index (χ4n) is 4.02. The Morgan fingerprint density at radius 3 is 3.04 bits per heavy atom. The molecule has 1 aromatic heterocycles. The number of fused-ring (bicyclic) bond motifs is 2. The number of rotatable bonds is 4. The maximum absolute atomic E-state index is 5.86. The molecule has 5 nitrogen and oxygen atoms in total. The van der Waals surface area contributed by atoms with Crippen molar-refractivity contribution in [2.45, 2.75) is 38.4 Å². The number of hydrogen-bond acceptors (Lipinski definition) is 4. The summed E-state index contributed by atoms with van der Waals surface area (Å²) >= 11 is 0. The number of aromatic amines is 1. The number of piperazine rings is 1. The van der Waals surface area contributed by atoms with Gasteiger partial charge in [-0.05, 0) is 18.6 Å². The minimum atomic E-state index is 0.540. The van der Waals surface area contributed by atoms with Crippen LogP contribution in [0.25, 0.3) is 11.0 Å². The smallest absolute Gasteiger partial charge is 0.121 e. The molecule has 2 aliphatic heterocycles. The first-order chi connectivity index (χ1) is 11.3. The number of aromatic nitrogens is 2. The summed E-state index contributed by atoms with van der Waals surface area (Å²) in [6, 6.07) is 9.41.